The molecule has 0 aromatic heterocycles. The van der Waals surface area contributed by atoms with Gasteiger partial charge in [0.05, 0.1) is 17.1 Å². The maximum atomic E-state index is 11.7. The summed E-state index contributed by atoms with van der Waals surface area (Å²) in [7, 11) is -3.78. The van der Waals surface area contributed by atoms with Gasteiger partial charge in [0, 0.05) is 8.41 Å². The van der Waals surface area contributed by atoms with E-state index in [0.717, 1.165) is 0 Å². The third-order valence-electron chi connectivity index (χ3n) is 3.96. The van der Waals surface area contributed by atoms with Gasteiger partial charge in [-0.15, -0.1) is 0 Å². The third kappa shape index (κ3) is 2.91. The van der Waals surface area contributed by atoms with Gasteiger partial charge in [-0.1, -0.05) is 27.7 Å². The summed E-state index contributed by atoms with van der Waals surface area (Å²) >= 11 is 0. The number of hydrogen-bond donors (Lipinski definition) is 0. The van der Waals surface area contributed by atoms with Crippen molar-refractivity contribution in [3.63, 3.8) is 0 Å². The first-order valence-electron chi connectivity index (χ1n) is 8.17. The van der Waals surface area contributed by atoms with Gasteiger partial charge in [0.1, 0.15) is 0 Å². The first-order valence-corrected chi connectivity index (χ1v) is 8.44. The lowest BCUT2D eigenvalue weighted by molar-refractivity contribution is -0.142. The fourth-order valence-electron chi connectivity index (χ4n) is 2.58. The molecular weight excluding hydrogens is 232 g/mol. The highest BCUT2D eigenvalue weighted by Gasteiger charge is 2.52. The lowest BCUT2D eigenvalue weighted by atomic mass is 10.3. The van der Waals surface area contributed by atoms with E-state index in [2.05, 4.69) is 4.74 Å². The zero-order valence-electron chi connectivity index (χ0n) is 15.4. The Kier molecular flexibility index (Phi) is 3.11. The van der Waals surface area contributed by atoms with Crippen LogP contribution in [0.4, 0.5) is 0 Å². The second-order valence-corrected chi connectivity index (χ2v) is 10.3. The van der Waals surface area contributed by atoms with E-state index in [-0.39, 0.29) is 17.0 Å². The third-order valence-corrected chi connectivity index (χ3v) is 9.38. The van der Waals surface area contributed by atoms with Crippen molar-refractivity contribution >= 4 is 14.3 Å². The molecule has 100 valence electrons. The van der Waals surface area contributed by atoms with Crippen molar-refractivity contribution in [2.45, 2.75) is 51.2 Å². The zero-order chi connectivity index (χ0) is 16.6. The van der Waals surface area contributed by atoms with Crippen LogP contribution in [0.1, 0.15) is 39.6 Å². The molecule has 1 aliphatic rings. The molecule has 0 aromatic carbocycles. The molecule has 2 atom stereocenters. The number of esters is 1. The van der Waals surface area contributed by atoms with Gasteiger partial charge in [-0.05, 0) is 29.5 Å². The largest absolute Gasteiger partial charge is 0.469 e. The molecule has 0 amide bonds. The van der Waals surface area contributed by atoms with Crippen molar-refractivity contribution in [3.05, 3.63) is 0 Å². The van der Waals surface area contributed by atoms with Crippen LogP contribution in [-0.2, 0) is 14.0 Å². The van der Waals surface area contributed by atoms with Crippen LogP contribution >= 0.6 is 0 Å². The zero-order valence-corrected chi connectivity index (χ0v) is 12.4. The van der Waals surface area contributed by atoms with E-state index >= 15 is 0 Å². The first kappa shape index (κ1) is 9.56. The topological polar surface area (TPSA) is 35.5 Å². The van der Waals surface area contributed by atoms with Gasteiger partial charge < -0.3 is 9.16 Å². The van der Waals surface area contributed by atoms with Gasteiger partial charge in [-0.25, -0.2) is 0 Å². The SMILES string of the molecule is [2H]C([2H])([2H])O[Si](CC1CC1([2H])C(=O)OC)(C(C)C)C(C)C. The molecular formula is C13H26O3Si. The van der Waals surface area contributed by atoms with E-state index in [1.54, 1.807) is 0 Å². The maximum Gasteiger partial charge on any atom is 0.308 e. The van der Waals surface area contributed by atoms with Crippen molar-refractivity contribution in [1.82, 2.24) is 0 Å². The van der Waals surface area contributed by atoms with Gasteiger partial charge in [-0.3, -0.25) is 4.79 Å². The minimum absolute atomic E-state index is 0.0976. The minimum atomic E-state index is -2.62. The predicted molar refractivity (Wildman–Crippen MR) is 71.4 cm³/mol. The Morgan fingerprint density at radius 3 is 2.47 bits per heavy atom. The Morgan fingerprint density at radius 2 is 2.06 bits per heavy atom. The molecule has 0 aliphatic heterocycles. The highest BCUT2D eigenvalue weighted by Crippen LogP contribution is 2.50. The molecule has 17 heavy (non-hydrogen) atoms. The van der Waals surface area contributed by atoms with E-state index in [9.17, 15) is 4.79 Å². The molecule has 3 nitrogen and oxygen atoms in total. The van der Waals surface area contributed by atoms with Crippen LogP contribution in [0.15, 0.2) is 0 Å². The summed E-state index contributed by atoms with van der Waals surface area (Å²) in [6, 6.07) is 0.513. The van der Waals surface area contributed by atoms with Crippen molar-refractivity contribution in [3.8, 4) is 0 Å². The Balaban J connectivity index is 2.98. The average molecular weight is 262 g/mol. The highest BCUT2D eigenvalue weighted by atomic mass is 28.4. The molecule has 0 N–H and O–H groups in total. The van der Waals surface area contributed by atoms with Gasteiger partial charge in [0.15, 0.2) is 8.32 Å². The van der Waals surface area contributed by atoms with Crippen LogP contribution in [0.25, 0.3) is 0 Å². The van der Waals surface area contributed by atoms with E-state index in [1.165, 1.54) is 7.11 Å². The molecule has 4 heteroatoms. The van der Waals surface area contributed by atoms with Gasteiger partial charge in [0.25, 0.3) is 0 Å². The van der Waals surface area contributed by atoms with E-state index in [1.807, 2.05) is 27.7 Å². The molecule has 0 heterocycles. The summed E-state index contributed by atoms with van der Waals surface area (Å²) < 4.78 is 40.8. The van der Waals surface area contributed by atoms with Crippen LogP contribution in [0.2, 0.25) is 17.1 Å². The molecule has 1 saturated carbocycles. The monoisotopic (exact) mass is 262 g/mol. The molecule has 0 aromatic rings. The Bertz CT molecular complexity index is 389. The molecule has 1 aliphatic carbocycles. The highest BCUT2D eigenvalue weighted by molar-refractivity contribution is 6.76. The average Bonchev–Trinajstić information content (AvgIpc) is 2.96. The molecule has 1 rings (SSSR count). The summed E-state index contributed by atoms with van der Waals surface area (Å²) in [6.07, 6.45) is 0.429. The number of methoxy groups -OCH3 is 1. The van der Waals surface area contributed by atoms with E-state index in [0.29, 0.717) is 12.5 Å². The quantitative estimate of drug-likeness (QED) is 0.545. The molecule has 0 radical (unpaired) electrons. The number of hydrogen-bond acceptors (Lipinski definition) is 3. The summed E-state index contributed by atoms with van der Waals surface area (Å²) in [5, 5.41) is 0. The normalized spacial score (nSPS) is 32.8. The number of carbonyl (C=O) groups excluding carboxylic acids is 1. The van der Waals surface area contributed by atoms with Crippen molar-refractivity contribution in [2.24, 2.45) is 11.8 Å². The lowest BCUT2D eigenvalue weighted by Gasteiger charge is -2.37. The van der Waals surface area contributed by atoms with Gasteiger partial charge in [0.2, 0.25) is 0 Å². The summed E-state index contributed by atoms with van der Waals surface area (Å²) in [5.74, 6) is -1.91. The number of rotatable bonds is 6. The summed E-state index contributed by atoms with van der Waals surface area (Å²) in [6.45, 7) is 7.91. The fraction of sp³-hybridized carbons (Fsp3) is 0.923. The summed E-state index contributed by atoms with van der Waals surface area (Å²) in [4.78, 5) is 11.7. The second kappa shape index (κ2) is 5.53. The number of carbonyl (C=O) groups is 1. The Morgan fingerprint density at radius 1 is 1.47 bits per heavy atom. The Labute approximate surface area is 112 Å². The van der Waals surface area contributed by atoms with Crippen LogP contribution in [0.5, 0.6) is 0 Å². The van der Waals surface area contributed by atoms with Crippen LogP contribution in [0, 0.1) is 11.8 Å². The standard InChI is InChI=1S/C13H26O3Si/c1-9(2)17(16-6,10(3)4)8-11-7-12(11)13(14)15-5/h9-12H,7-8H2,1-6H3/i6D3,12D. The van der Waals surface area contributed by atoms with Crippen LogP contribution < -0.4 is 0 Å². The molecule has 1 fully saturated rings. The molecule has 0 saturated heterocycles. The van der Waals surface area contributed by atoms with Crippen molar-refractivity contribution in [2.75, 3.05) is 14.1 Å². The smallest absolute Gasteiger partial charge is 0.308 e. The van der Waals surface area contributed by atoms with Crippen molar-refractivity contribution in [1.29, 1.82) is 0 Å². The van der Waals surface area contributed by atoms with Crippen LogP contribution in [-0.4, -0.2) is 28.4 Å². The first-order chi connectivity index (χ1) is 9.39. The second-order valence-electron chi connectivity index (χ2n) is 5.49. The Hall–Kier alpha value is -0.353. The lowest BCUT2D eigenvalue weighted by Crippen LogP contribution is -2.44. The summed E-state index contributed by atoms with van der Waals surface area (Å²) in [5.41, 5.74) is 0.195. The van der Waals surface area contributed by atoms with E-state index < -0.39 is 27.2 Å². The number of ether oxygens (including phenoxy) is 1. The molecule has 2 unspecified atom stereocenters. The van der Waals surface area contributed by atoms with Crippen molar-refractivity contribution < 1.29 is 19.4 Å². The molecule has 0 bridgehead atoms. The minimum Gasteiger partial charge on any atom is -0.469 e. The van der Waals surface area contributed by atoms with Gasteiger partial charge >= 0.3 is 5.97 Å². The van der Waals surface area contributed by atoms with Gasteiger partial charge in [-0.2, -0.15) is 0 Å². The maximum absolute atomic E-state index is 11.7. The van der Waals surface area contributed by atoms with E-state index in [4.69, 9.17) is 9.91 Å². The fourth-order valence-corrected chi connectivity index (χ4v) is 6.58. The predicted octanol–water partition coefficient (Wildman–Crippen LogP) is 3.21. The molecule has 0 spiro atoms. The van der Waals surface area contributed by atoms with Crippen LogP contribution in [0.3, 0.4) is 0 Å².